The summed E-state index contributed by atoms with van der Waals surface area (Å²) in [5.41, 5.74) is 0.548. The SMILES string of the molecule is O=C(O)CN(CC(=O)O)C(=O)CCc1ccccc1O. The molecule has 0 heterocycles. The number of aliphatic carboxylic acids is 2. The van der Waals surface area contributed by atoms with E-state index in [0.717, 1.165) is 4.90 Å². The number of phenolic OH excluding ortho intramolecular Hbond substituents is 1. The first-order chi connectivity index (χ1) is 9.40. The van der Waals surface area contributed by atoms with Gasteiger partial charge in [0.1, 0.15) is 18.8 Å². The molecule has 0 saturated carbocycles. The van der Waals surface area contributed by atoms with E-state index >= 15 is 0 Å². The zero-order valence-electron chi connectivity index (χ0n) is 10.7. The number of rotatable bonds is 7. The maximum absolute atomic E-state index is 11.8. The number of carboxylic acids is 2. The Morgan fingerprint density at radius 3 is 2.05 bits per heavy atom. The summed E-state index contributed by atoms with van der Waals surface area (Å²) in [6, 6.07) is 6.46. The minimum Gasteiger partial charge on any atom is -0.508 e. The van der Waals surface area contributed by atoms with E-state index in [1.54, 1.807) is 18.2 Å². The third kappa shape index (κ3) is 4.97. The van der Waals surface area contributed by atoms with Crippen LogP contribution in [0, 0.1) is 0 Å². The Morgan fingerprint density at radius 1 is 1.00 bits per heavy atom. The second-order valence-electron chi connectivity index (χ2n) is 4.17. The van der Waals surface area contributed by atoms with Gasteiger partial charge in [-0.2, -0.15) is 0 Å². The number of nitrogens with zero attached hydrogens (tertiary/aromatic N) is 1. The van der Waals surface area contributed by atoms with E-state index in [9.17, 15) is 19.5 Å². The lowest BCUT2D eigenvalue weighted by Gasteiger charge is -2.18. The molecule has 0 spiro atoms. The average Bonchev–Trinajstić information content (AvgIpc) is 2.35. The Hall–Kier alpha value is -2.57. The largest absolute Gasteiger partial charge is 0.508 e. The summed E-state index contributed by atoms with van der Waals surface area (Å²) in [6.07, 6.45) is 0.138. The highest BCUT2D eigenvalue weighted by atomic mass is 16.4. The van der Waals surface area contributed by atoms with Crippen molar-refractivity contribution >= 4 is 17.8 Å². The van der Waals surface area contributed by atoms with Crippen molar-refractivity contribution in [2.24, 2.45) is 0 Å². The van der Waals surface area contributed by atoms with Crippen molar-refractivity contribution in [3.05, 3.63) is 29.8 Å². The summed E-state index contributed by atoms with van der Waals surface area (Å²) < 4.78 is 0. The van der Waals surface area contributed by atoms with Gasteiger partial charge in [-0.05, 0) is 18.1 Å². The molecule has 1 rings (SSSR count). The molecule has 0 aliphatic heterocycles. The van der Waals surface area contributed by atoms with E-state index in [-0.39, 0.29) is 18.6 Å². The van der Waals surface area contributed by atoms with E-state index in [4.69, 9.17) is 10.2 Å². The van der Waals surface area contributed by atoms with E-state index in [1.807, 2.05) is 0 Å². The molecule has 0 radical (unpaired) electrons. The van der Waals surface area contributed by atoms with Crippen molar-refractivity contribution in [3.8, 4) is 5.75 Å². The number of carboxylic acid groups (broad SMARTS) is 2. The molecule has 0 atom stereocenters. The number of hydrogen-bond acceptors (Lipinski definition) is 4. The Balaban J connectivity index is 2.64. The zero-order valence-corrected chi connectivity index (χ0v) is 10.7. The third-order valence-corrected chi connectivity index (χ3v) is 2.60. The van der Waals surface area contributed by atoms with Gasteiger partial charge in [-0.3, -0.25) is 14.4 Å². The van der Waals surface area contributed by atoms with Crippen molar-refractivity contribution in [3.63, 3.8) is 0 Å². The molecule has 0 bridgehead atoms. The highest BCUT2D eigenvalue weighted by Crippen LogP contribution is 2.17. The summed E-state index contributed by atoms with van der Waals surface area (Å²) in [4.78, 5) is 33.8. The quantitative estimate of drug-likeness (QED) is 0.663. The average molecular weight is 281 g/mol. The summed E-state index contributed by atoms with van der Waals surface area (Å²) in [6.45, 7) is -1.32. The molecule has 108 valence electrons. The topological polar surface area (TPSA) is 115 Å². The Labute approximate surface area is 115 Å². The molecule has 0 fully saturated rings. The molecular formula is C13H15NO6. The number of hydrogen-bond donors (Lipinski definition) is 3. The van der Waals surface area contributed by atoms with Gasteiger partial charge in [-0.1, -0.05) is 18.2 Å². The van der Waals surface area contributed by atoms with Crippen LogP contribution in [0.1, 0.15) is 12.0 Å². The van der Waals surface area contributed by atoms with Crippen molar-refractivity contribution in [2.75, 3.05) is 13.1 Å². The van der Waals surface area contributed by atoms with Crippen LogP contribution >= 0.6 is 0 Å². The predicted molar refractivity (Wildman–Crippen MR) is 68.3 cm³/mol. The number of carbonyl (C=O) groups excluding carboxylic acids is 1. The number of para-hydroxylation sites is 1. The monoisotopic (exact) mass is 281 g/mol. The van der Waals surface area contributed by atoms with Gasteiger partial charge in [-0.15, -0.1) is 0 Å². The lowest BCUT2D eigenvalue weighted by Crippen LogP contribution is -2.39. The Morgan fingerprint density at radius 2 is 1.55 bits per heavy atom. The second kappa shape index (κ2) is 7.13. The van der Waals surface area contributed by atoms with Crippen LogP contribution in [0.5, 0.6) is 5.75 Å². The lowest BCUT2D eigenvalue weighted by atomic mass is 10.1. The van der Waals surface area contributed by atoms with Crippen LogP contribution in [-0.2, 0) is 20.8 Å². The van der Waals surface area contributed by atoms with Crippen molar-refractivity contribution in [1.82, 2.24) is 4.90 Å². The van der Waals surface area contributed by atoms with Gasteiger partial charge < -0.3 is 20.2 Å². The minimum absolute atomic E-state index is 0.0447. The van der Waals surface area contributed by atoms with Gasteiger partial charge in [0.05, 0.1) is 0 Å². The molecule has 7 heteroatoms. The summed E-state index contributed by atoms with van der Waals surface area (Å²) in [7, 11) is 0. The first-order valence-electron chi connectivity index (χ1n) is 5.88. The maximum atomic E-state index is 11.8. The van der Waals surface area contributed by atoms with Crippen LogP contribution in [0.2, 0.25) is 0 Å². The van der Waals surface area contributed by atoms with Crippen LogP contribution in [0.25, 0.3) is 0 Å². The highest BCUT2D eigenvalue weighted by molar-refractivity contribution is 5.85. The number of carbonyl (C=O) groups is 3. The highest BCUT2D eigenvalue weighted by Gasteiger charge is 2.19. The summed E-state index contributed by atoms with van der Waals surface area (Å²) >= 11 is 0. The van der Waals surface area contributed by atoms with Gasteiger partial charge in [0, 0.05) is 6.42 Å². The normalized spacial score (nSPS) is 10.0. The van der Waals surface area contributed by atoms with Crippen molar-refractivity contribution in [1.29, 1.82) is 0 Å². The zero-order chi connectivity index (χ0) is 15.1. The molecular weight excluding hydrogens is 266 g/mol. The van der Waals surface area contributed by atoms with Gasteiger partial charge in [0.25, 0.3) is 0 Å². The fraction of sp³-hybridized carbons (Fsp3) is 0.308. The first kappa shape index (κ1) is 15.5. The molecule has 20 heavy (non-hydrogen) atoms. The molecule has 0 aliphatic rings. The van der Waals surface area contributed by atoms with E-state index in [1.165, 1.54) is 6.07 Å². The number of phenols is 1. The van der Waals surface area contributed by atoms with E-state index < -0.39 is 30.9 Å². The molecule has 1 amide bonds. The van der Waals surface area contributed by atoms with Crippen LogP contribution in [-0.4, -0.2) is 51.2 Å². The van der Waals surface area contributed by atoms with Crippen LogP contribution in [0.15, 0.2) is 24.3 Å². The van der Waals surface area contributed by atoms with Crippen molar-refractivity contribution in [2.45, 2.75) is 12.8 Å². The summed E-state index contributed by atoms with van der Waals surface area (Å²) in [5, 5.41) is 26.8. The smallest absolute Gasteiger partial charge is 0.323 e. The molecule has 7 nitrogen and oxygen atoms in total. The van der Waals surface area contributed by atoms with Crippen LogP contribution in [0.3, 0.4) is 0 Å². The van der Waals surface area contributed by atoms with E-state index in [0.29, 0.717) is 5.56 Å². The number of benzene rings is 1. The van der Waals surface area contributed by atoms with E-state index in [2.05, 4.69) is 0 Å². The fourth-order valence-corrected chi connectivity index (χ4v) is 1.68. The van der Waals surface area contributed by atoms with Gasteiger partial charge in [0.15, 0.2) is 0 Å². The molecule has 1 aromatic carbocycles. The Kier molecular flexibility index (Phi) is 5.52. The first-order valence-corrected chi connectivity index (χ1v) is 5.88. The molecule has 0 unspecified atom stereocenters. The predicted octanol–water partition coefficient (Wildman–Crippen LogP) is 0.323. The number of aryl methyl sites for hydroxylation is 1. The van der Waals surface area contributed by atoms with Gasteiger partial charge in [0.2, 0.25) is 5.91 Å². The molecule has 1 aromatic rings. The third-order valence-electron chi connectivity index (χ3n) is 2.60. The fourth-order valence-electron chi connectivity index (χ4n) is 1.68. The molecule has 3 N–H and O–H groups in total. The van der Waals surface area contributed by atoms with Crippen LogP contribution < -0.4 is 0 Å². The molecule has 0 aromatic heterocycles. The van der Waals surface area contributed by atoms with Crippen molar-refractivity contribution < 1.29 is 29.7 Å². The molecule has 0 saturated heterocycles. The number of amides is 1. The number of aromatic hydroxyl groups is 1. The second-order valence-corrected chi connectivity index (χ2v) is 4.17. The molecule has 0 aliphatic carbocycles. The van der Waals surface area contributed by atoms with Crippen LogP contribution in [0.4, 0.5) is 0 Å². The Bertz CT molecular complexity index is 497. The van der Waals surface area contributed by atoms with Gasteiger partial charge in [-0.25, -0.2) is 0 Å². The standard InChI is InChI=1S/C13H15NO6/c15-10-4-2-1-3-9(10)5-6-11(16)14(7-12(17)18)8-13(19)20/h1-4,15H,5-8H2,(H,17,18)(H,19,20). The summed E-state index contributed by atoms with van der Waals surface area (Å²) in [5.74, 6) is -3.09. The van der Waals surface area contributed by atoms with Gasteiger partial charge >= 0.3 is 11.9 Å². The maximum Gasteiger partial charge on any atom is 0.323 e. The minimum atomic E-state index is -1.28. The lowest BCUT2D eigenvalue weighted by molar-refractivity contribution is -0.149.